The van der Waals surface area contributed by atoms with Crippen molar-refractivity contribution in [1.82, 2.24) is 10.3 Å². The van der Waals surface area contributed by atoms with Crippen LogP contribution in [0.25, 0.3) is 11.3 Å². The summed E-state index contributed by atoms with van der Waals surface area (Å²) < 4.78 is 0. The maximum Gasteiger partial charge on any atom is 0.0702 e. The molecule has 0 aliphatic heterocycles. The molecule has 3 aromatic rings. The second-order valence-electron chi connectivity index (χ2n) is 6.17. The number of pyridine rings is 1. The third-order valence-electron chi connectivity index (χ3n) is 4.36. The van der Waals surface area contributed by atoms with Crippen molar-refractivity contribution >= 4 is 0 Å². The molecule has 2 aromatic carbocycles. The van der Waals surface area contributed by atoms with Gasteiger partial charge in [0.2, 0.25) is 0 Å². The van der Waals surface area contributed by atoms with Gasteiger partial charge >= 0.3 is 0 Å². The fourth-order valence-electron chi connectivity index (χ4n) is 3.03. The van der Waals surface area contributed by atoms with Gasteiger partial charge in [-0.1, -0.05) is 54.6 Å². The lowest BCUT2D eigenvalue weighted by Gasteiger charge is -2.17. The maximum atomic E-state index is 9.34. The van der Waals surface area contributed by atoms with E-state index in [-0.39, 0.29) is 6.61 Å². The van der Waals surface area contributed by atoms with E-state index < -0.39 is 0 Å². The summed E-state index contributed by atoms with van der Waals surface area (Å²) in [7, 11) is 0. The molecule has 0 saturated carbocycles. The molecule has 1 unspecified atom stereocenters. The van der Waals surface area contributed by atoms with Crippen LogP contribution < -0.4 is 5.32 Å². The van der Waals surface area contributed by atoms with Gasteiger partial charge in [-0.3, -0.25) is 4.98 Å². The molecule has 3 rings (SSSR count). The van der Waals surface area contributed by atoms with Crippen molar-refractivity contribution in [3.8, 4) is 11.3 Å². The van der Waals surface area contributed by atoms with Crippen molar-refractivity contribution < 1.29 is 5.11 Å². The Morgan fingerprint density at radius 3 is 2.52 bits per heavy atom. The molecule has 0 saturated heterocycles. The second kappa shape index (κ2) is 9.11. The molecule has 0 spiro atoms. The van der Waals surface area contributed by atoms with E-state index in [1.807, 2.05) is 30.5 Å². The van der Waals surface area contributed by atoms with E-state index in [0.717, 1.165) is 30.8 Å². The summed E-state index contributed by atoms with van der Waals surface area (Å²) >= 11 is 0. The lowest BCUT2D eigenvalue weighted by molar-refractivity contribution is 0.273. The quantitative estimate of drug-likeness (QED) is 0.655. The van der Waals surface area contributed by atoms with Crippen LogP contribution in [0.15, 0.2) is 79.0 Å². The molecular weight excluding hydrogens is 308 g/mol. The zero-order valence-corrected chi connectivity index (χ0v) is 14.3. The molecule has 3 heteroatoms. The number of aliphatic hydroxyl groups excluding tert-OH is 1. The van der Waals surface area contributed by atoms with E-state index in [2.05, 4.69) is 58.8 Å². The van der Waals surface area contributed by atoms with Crippen LogP contribution >= 0.6 is 0 Å². The summed E-state index contributed by atoms with van der Waals surface area (Å²) in [6, 6.07) is 24.8. The fourth-order valence-corrected chi connectivity index (χ4v) is 3.03. The highest BCUT2D eigenvalue weighted by molar-refractivity contribution is 5.59. The Morgan fingerprint density at radius 1 is 0.920 bits per heavy atom. The minimum absolute atomic E-state index is 0.205. The Kier molecular flexibility index (Phi) is 6.32. The van der Waals surface area contributed by atoms with Crippen LogP contribution in [0.3, 0.4) is 0 Å². The Bertz CT molecular complexity index is 759. The molecule has 1 heterocycles. The molecule has 0 fully saturated rings. The molecule has 0 aliphatic carbocycles. The van der Waals surface area contributed by atoms with E-state index >= 15 is 0 Å². The van der Waals surface area contributed by atoms with Gasteiger partial charge in [-0.05, 0) is 41.7 Å². The average molecular weight is 332 g/mol. The zero-order chi connectivity index (χ0) is 17.3. The first-order valence-corrected chi connectivity index (χ1v) is 8.73. The van der Waals surface area contributed by atoms with Gasteiger partial charge in [-0.25, -0.2) is 0 Å². The monoisotopic (exact) mass is 332 g/mol. The van der Waals surface area contributed by atoms with Crippen LogP contribution in [0, 0.1) is 0 Å². The lowest BCUT2D eigenvalue weighted by atomic mass is 9.96. The van der Waals surface area contributed by atoms with Gasteiger partial charge in [-0.2, -0.15) is 0 Å². The topological polar surface area (TPSA) is 45.1 Å². The van der Waals surface area contributed by atoms with Crippen LogP contribution in [0.4, 0.5) is 0 Å². The number of hydrogen-bond acceptors (Lipinski definition) is 3. The number of hydrogen-bond donors (Lipinski definition) is 2. The summed E-state index contributed by atoms with van der Waals surface area (Å²) in [5, 5.41) is 12.9. The maximum absolute atomic E-state index is 9.34. The van der Waals surface area contributed by atoms with E-state index in [9.17, 15) is 5.11 Å². The lowest BCUT2D eigenvalue weighted by Crippen LogP contribution is -2.22. The van der Waals surface area contributed by atoms with Crippen molar-refractivity contribution in [3.05, 3.63) is 90.1 Å². The number of nitrogens with one attached hydrogen (secondary N) is 1. The number of rotatable bonds is 8. The van der Waals surface area contributed by atoms with Gasteiger partial charge in [0.1, 0.15) is 0 Å². The van der Waals surface area contributed by atoms with E-state index in [0.29, 0.717) is 5.92 Å². The van der Waals surface area contributed by atoms with Gasteiger partial charge in [0.15, 0.2) is 0 Å². The summed E-state index contributed by atoms with van der Waals surface area (Å²) in [6.07, 6.45) is 2.59. The predicted molar refractivity (Wildman–Crippen MR) is 102 cm³/mol. The second-order valence-corrected chi connectivity index (χ2v) is 6.17. The van der Waals surface area contributed by atoms with Crippen molar-refractivity contribution in [1.29, 1.82) is 0 Å². The molecule has 0 amide bonds. The highest BCUT2D eigenvalue weighted by Crippen LogP contribution is 2.20. The number of aromatic nitrogens is 1. The van der Waals surface area contributed by atoms with Crippen molar-refractivity contribution in [2.75, 3.05) is 13.2 Å². The molecule has 3 nitrogen and oxygen atoms in total. The number of nitrogens with zero attached hydrogens (tertiary/aromatic N) is 1. The highest BCUT2D eigenvalue weighted by atomic mass is 16.3. The molecule has 1 aromatic heterocycles. The molecule has 1 atom stereocenters. The first-order valence-electron chi connectivity index (χ1n) is 8.73. The van der Waals surface area contributed by atoms with Crippen LogP contribution in [0.1, 0.15) is 23.5 Å². The van der Waals surface area contributed by atoms with Gasteiger partial charge < -0.3 is 10.4 Å². The number of aliphatic hydroxyl groups is 1. The SMILES string of the molecule is OCCC(CNCc1cccc(-c2ccccn2)c1)c1ccccc1. The summed E-state index contributed by atoms with van der Waals surface area (Å²) in [4.78, 5) is 4.41. The Hall–Kier alpha value is -2.49. The van der Waals surface area contributed by atoms with Crippen LogP contribution in [-0.2, 0) is 6.54 Å². The normalized spacial score (nSPS) is 12.0. The third kappa shape index (κ3) is 4.99. The average Bonchev–Trinajstić information content (AvgIpc) is 2.69. The fraction of sp³-hybridized carbons (Fsp3) is 0.227. The van der Waals surface area contributed by atoms with Gasteiger partial charge in [0.05, 0.1) is 5.69 Å². The molecule has 2 N–H and O–H groups in total. The standard InChI is InChI=1S/C22H24N2O/c25-14-12-21(19-8-2-1-3-9-19)17-23-16-18-7-6-10-20(15-18)22-11-4-5-13-24-22/h1-11,13,15,21,23,25H,12,14,16-17H2. The Labute approximate surface area is 149 Å². The van der Waals surface area contributed by atoms with Crippen molar-refractivity contribution in [2.45, 2.75) is 18.9 Å². The molecule has 0 radical (unpaired) electrons. The van der Waals surface area contributed by atoms with Gasteiger partial charge in [0.25, 0.3) is 0 Å². The van der Waals surface area contributed by atoms with Crippen molar-refractivity contribution in [3.63, 3.8) is 0 Å². The summed E-state index contributed by atoms with van der Waals surface area (Å²) in [5.74, 6) is 0.324. The zero-order valence-electron chi connectivity index (χ0n) is 14.3. The van der Waals surface area contributed by atoms with E-state index in [4.69, 9.17) is 0 Å². The van der Waals surface area contributed by atoms with Crippen LogP contribution in [0.2, 0.25) is 0 Å². The van der Waals surface area contributed by atoms with Gasteiger partial charge in [-0.15, -0.1) is 0 Å². The van der Waals surface area contributed by atoms with Gasteiger partial charge in [0, 0.05) is 31.5 Å². The Morgan fingerprint density at radius 2 is 1.76 bits per heavy atom. The molecular formula is C22H24N2O. The smallest absolute Gasteiger partial charge is 0.0702 e. The third-order valence-corrected chi connectivity index (χ3v) is 4.36. The van der Waals surface area contributed by atoms with Crippen LogP contribution in [0.5, 0.6) is 0 Å². The molecule has 0 bridgehead atoms. The summed E-state index contributed by atoms with van der Waals surface area (Å²) in [5.41, 5.74) is 4.63. The molecule has 25 heavy (non-hydrogen) atoms. The Balaban J connectivity index is 1.61. The largest absolute Gasteiger partial charge is 0.396 e. The first-order chi connectivity index (χ1) is 12.4. The minimum Gasteiger partial charge on any atom is -0.396 e. The van der Waals surface area contributed by atoms with E-state index in [1.54, 1.807) is 0 Å². The minimum atomic E-state index is 0.205. The first kappa shape index (κ1) is 17.3. The van der Waals surface area contributed by atoms with Crippen LogP contribution in [-0.4, -0.2) is 23.2 Å². The highest BCUT2D eigenvalue weighted by Gasteiger charge is 2.10. The number of benzene rings is 2. The van der Waals surface area contributed by atoms with E-state index in [1.165, 1.54) is 11.1 Å². The summed E-state index contributed by atoms with van der Waals surface area (Å²) in [6.45, 7) is 1.85. The molecule has 0 aliphatic rings. The predicted octanol–water partition coefficient (Wildman–Crippen LogP) is 4.00. The molecule has 128 valence electrons. The van der Waals surface area contributed by atoms with Crippen molar-refractivity contribution in [2.24, 2.45) is 0 Å².